The molecule has 1 aliphatic carbocycles. The van der Waals surface area contributed by atoms with E-state index in [0.717, 1.165) is 64.0 Å². The number of nitrogens with zero attached hydrogens (tertiary/aromatic N) is 5. The minimum atomic E-state index is -0.908. The highest BCUT2D eigenvalue weighted by molar-refractivity contribution is 5.78. The lowest BCUT2D eigenvalue weighted by Gasteiger charge is -2.33. The Morgan fingerprint density at radius 2 is 1.71 bits per heavy atom. The lowest BCUT2D eigenvalue weighted by atomic mass is 9.85. The van der Waals surface area contributed by atoms with Gasteiger partial charge in [0.1, 0.15) is 0 Å². The molecule has 9 nitrogen and oxygen atoms in total. The molecule has 1 aliphatic heterocycles. The molecule has 2 aromatic rings. The molecule has 2 heterocycles. The molecule has 1 saturated carbocycles. The molecule has 0 radical (unpaired) electrons. The highest BCUT2D eigenvalue weighted by atomic mass is 19.2. The van der Waals surface area contributed by atoms with Crippen LogP contribution in [-0.2, 0) is 11.3 Å². The van der Waals surface area contributed by atoms with E-state index in [0.29, 0.717) is 23.4 Å². The second-order valence-corrected chi connectivity index (χ2v) is 8.98. The second-order valence-electron chi connectivity index (χ2n) is 8.98. The number of carbonyl (C=O) groups excluding carboxylic acids is 1. The number of nitrogens with one attached hydrogen (secondary N) is 3. The largest absolute Gasteiger partial charge is 0.357 e. The van der Waals surface area contributed by atoms with Crippen molar-refractivity contribution in [2.75, 3.05) is 55.8 Å². The molecule has 3 N–H and O–H groups in total. The minimum absolute atomic E-state index is 0.0573. The third-order valence-electron chi connectivity index (χ3n) is 6.52. The third-order valence-corrected chi connectivity index (χ3v) is 6.52. The summed E-state index contributed by atoms with van der Waals surface area (Å²) in [6.07, 6.45) is 3.09. The first-order valence-corrected chi connectivity index (χ1v) is 11.8. The zero-order valence-electron chi connectivity index (χ0n) is 19.7. The highest BCUT2D eigenvalue weighted by Crippen LogP contribution is 2.27. The molecule has 1 saturated heterocycles. The summed E-state index contributed by atoms with van der Waals surface area (Å²) < 4.78 is 26.4. The van der Waals surface area contributed by atoms with Crippen molar-refractivity contribution in [1.29, 1.82) is 0 Å². The van der Waals surface area contributed by atoms with Crippen LogP contribution in [0, 0.1) is 17.6 Å². The first kappa shape index (κ1) is 24.1. The summed E-state index contributed by atoms with van der Waals surface area (Å²) in [5.41, 5.74) is 0.536. The van der Waals surface area contributed by atoms with Crippen LogP contribution in [-0.4, -0.2) is 72.1 Å². The Hall–Kier alpha value is -3.08. The second kappa shape index (κ2) is 10.9. The Labute approximate surface area is 198 Å². The van der Waals surface area contributed by atoms with Gasteiger partial charge >= 0.3 is 0 Å². The van der Waals surface area contributed by atoms with E-state index in [1.807, 2.05) is 0 Å². The van der Waals surface area contributed by atoms with Crippen LogP contribution in [0.1, 0.15) is 31.2 Å². The number of hydrogen-bond acceptors (Lipinski definition) is 8. The number of likely N-dealkylation sites (N-methyl/N-ethyl adjacent to an activating group) is 1. The van der Waals surface area contributed by atoms with Gasteiger partial charge in [-0.25, -0.2) is 8.78 Å². The van der Waals surface area contributed by atoms with Gasteiger partial charge in [-0.1, -0.05) is 6.07 Å². The summed E-state index contributed by atoms with van der Waals surface area (Å²) in [5, 5.41) is 9.28. The summed E-state index contributed by atoms with van der Waals surface area (Å²) in [6.45, 7) is 3.85. The van der Waals surface area contributed by atoms with Gasteiger partial charge in [-0.2, -0.15) is 15.0 Å². The van der Waals surface area contributed by atoms with Crippen LogP contribution in [0.3, 0.4) is 0 Å². The number of rotatable bonds is 7. The Bertz CT molecular complexity index is 991. The lowest BCUT2D eigenvalue weighted by molar-refractivity contribution is -0.126. The van der Waals surface area contributed by atoms with E-state index in [-0.39, 0.29) is 24.4 Å². The minimum Gasteiger partial charge on any atom is -0.357 e. The Kier molecular flexibility index (Phi) is 7.71. The lowest BCUT2D eigenvalue weighted by Crippen LogP contribution is -2.45. The number of aromatic nitrogens is 3. The molecule has 1 amide bonds. The van der Waals surface area contributed by atoms with Crippen molar-refractivity contribution < 1.29 is 13.6 Å². The first-order chi connectivity index (χ1) is 16.4. The van der Waals surface area contributed by atoms with E-state index >= 15 is 0 Å². The standard InChI is InChI=1S/C23H32F2N8O/c1-26-21-29-22(31-23(30-21)33-11-9-32(2)10-12-33)28-17-6-4-16(5-7-17)20(34)27-14-15-3-8-18(24)19(25)13-15/h3,8,13,16-17H,4-7,9-12,14H2,1-2H3,(H,27,34)(H2,26,28,29,30,31). The zero-order chi connectivity index (χ0) is 24.1. The number of hydrogen-bond donors (Lipinski definition) is 3. The topological polar surface area (TPSA) is 98.3 Å². The highest BCUT2D eigenvalue weighted by Gasteiger charge is 2.27. The molecular weight excluding hydrogens is 442 g/mol. The van der Waals surface area contributed by atoms with Gasteiger partial charge in [0.2, 0.25) is 23.8 Å². The molecule has 0 atom stereocenters. The summed E-state index contributed by atoms with van der Waals surface area (Å²) in [6, 6.07) is 3.83. The third kappa shape index (κ3) is 6.07. The molecule has 2 aliphatic rings. The Balaban J connectivity index is 1.29. The number of amides is 1. The predicted octanol–water partition coefficient (Wildman–Crippen LogP) is 2.23. The van der Waals surface area contributed by atoms with Gasteiger partial charge in [-0.15, -0.1) is 0 Å². The van der Waals surface area contributed by atoms with Crippen LogP contribution < -0.4 is 20.9 Å². The summed E-state index contributed by atoms with van der Waals surface area (Å²) in [7, 11) is 3.90. The van der Waals surface area contributed by atoms with Crippen LogP contribution in [0.15, 0.2) is 18.2 Å². The average Bonchev–Trinajstić information content (AvgIpc) is 2.85. The van der Waals surface area contributed by atoms with Crippen molar-refractivity contribution in [3.63, 3.8) is 0 Å². The van der Waals surface area contributed by atoms with Gasteiger partial charge < -0.3 is 25.8 Å². The molecule has 34 heavy (non-hydrogen) atoms. The zero-order valence-corrected chi connectivity index (χ0v) is 19.7. The van der Waals surface area contributed by atoms with Gasteiger partial charge in [0, 0.05) is 51.7 Å². The maximum Gasteiger partial charge on any atom is 0.232 e. The molecule has 184 valence electrons. The number of anilines is 3. The number of carbonyl (C=O) groups is 1. The van der Waals surface area contributed by atoms with E-state index in [2.05, 4.69) is 47.7 Å². The van der Waals surface area contributed by atoms with E-state index in [4.69, 9.17) is 0 Å². The molecular formula is C23H32F2N8O. The van der Waals surface area contributed by atoms with Crippen molar-refractivity contribution in [3.8, 4) is 0 Å². The fourth-order valence-corrected chi connectivity index (χ4v) is 4.35. The van der Waals surface area contributed by atoms with Crippen molar-refractivity contribution in [2.24, 2.45) is 5.92 Å². The van der Waals surface area contributed by atoms with Crippen molar-refractivity contribution in [1.82, 2.24) is 25.2 Å². The Morgan fingerprint density at radius 3 is 2.38 bits per heavy atom. The SMILES string of the molecule is CNc1nc(NC2CCC(C(=O)NCc3ccc(F)c(F)c3)CC2)nc(N2CCN(C)CC2)n1. The van der Waals surface area contributed by atoms with Gasteiger partial charge in [0.15, 0.2) is 11.6 Å². The van der Waals surface area contributed by atoms with E-state index in [1.165, 1.54) is 6.07 Å². The predicted molar refractivity (Wildman–Crippen MR) is 127 cm³/mol. The van der Waals surface area contributed by atoms with Crippen LogP contribution >= 0.6 is 0 Å². The number of benzene rings is 1. The van der Waals surface area contributed by atoms with Crippen LogP contribution in [0.5, 0.6) is 0 Å². The number of halogens is 2. The normalized spacial score (nSPS) is 21.2. The van der Waals surface area contributed by atoms with Gasteiger partial charge in [0.05, 0.1) is 0 Å². The van der Waals surface area contributed by atoms with Crippen molar-refractivity contribution in [2.45, 2.75) is 38.3 Å². The maximum atomic E-state index is 13.4. The molecule has 1 aromatic carbocycles. The smallest absolute Gasteiger partial charge is 0.232 e. The van der Waals surface area contributed by atoms with E-state index in [9.17, 15) is 13.6 Å². The van der Waals surface area contributed by atoms with Crippen molar-refractivity contribution >= 4 is 23.8 Å². The fourth-order valence-electron chi connectivity index (χ4n) is 4.35. The van der Waals surface area contributed by atoms with Gasteiger partial charge in [-0.05, 0) is 50.4 Å². The molecule has 0 unspecified atom stereocenters. The fraction of sp³-hybridized carbons (Fsp3) is 0.565. The molecule has 0 spiro atoms. The molecule has 1 aromatic heterocycles. The number of piperazine rings is 1. The molecule has 0 bridgehead atoms. The van der Waals surface area contributed by atoms with E-state index < -0.39 is 11.6 Å². The van der Waals surface area contributed by atoms with Crippen LogP contribution in [0.4, 0.5) is 26.6 Å². The molecule has 11 heteroatoms. The Morgan fingerprint density at radius 1 is 1.00 bits per heavy atom. The maximum absolute atomic E-state index is 13.4. The van der Waals surface area contributed by atoms with Crippen LogP contribution in [0.2, 0.25) is 0 Å². The van der Waals surface area contributed by atoms with Gasteiger partial charge in [0.25, 0.3) is 0 Å². The molecule has 2 fully saturated rings. The summed E-state index contributed by atoms with van der Waals surface area (Å²) in [4.78, 5) is 30.7. The monoisotopic (exact) mass is 474 g/mol. The quantitative estimate of drug-likeness (QED) is 0.562. The van der Waals surface area contributed by atoms with Gasteiger partial charge in [-0.3, -0.25) is 4.79 Å². The summed E-state index contributed by atoms with van der Waals surface area (Å²) in [5.74, 6) is -0.226. The summed E-state index contributed by atoms with van der Waals surface area (Å²) >= 11 is 0. The molecule has 4 rings (SSSR count). The van der Waals surface area contributed by atoms with E-state index in [1.54, 1.807) is 7.05 Å². The van der Waals surface area contributed by atoms with Crippen LogP contribution in [0.25, 0.3) is 0 Å². The van der Waals surface area contributed by atoms with Crippen molar-refractivity contribution in [3.05, 3.63) is 35.4 Å². The first-order valence-electron chi connectivity index (χ1n) is 11.8. The average molecular weight is 475 g/mol.